The fourth-order valence-corrected chi connectivity index (χ4v) is 5.65. The first-order chi connectivity index (χ1) is 13.3. The van der Waals surface area contributed by atoms with Gasteiger partial charge in [0.2, 0.25) is 5.91 Å². The van der Waals surface area contributed by atoms with Crippen LogP contribution in [0.25, 0.3) is 10.2 Å². The summed E-state index contributed by atoms with van der Waals surface area (Å²) in [5, 5.41) is 4.15. The molecule has 3 atom stereocenters. The van der Waals surface area contributed by atoms with Crippen LogP contribution in [-0.2, 0) is 11.3 Å². The summed E-state index contributed by atoms with van der Waals surface area (Å²) in [6, 6.07) is 19.5. The second-order valence-electron chi connectivity index (χ2n) is 7.51. The Hall–Kier alpha value is -2.24. The maximum Gasteiger partial charge on any atom is 0.225 e. The molecule has 0 bridgehead atoms. The minimum atomic E-state index is 0.0760. The molecule has 5 heteroatoms. The Morgan fingerprint density at radius 1 is 1.15 bits per heavy atom. The summed E-state index contributed by atoms with van der Waals surface area (Å²) in [5.74, 6) is 0.261. The van der Waals surface area contributed by atoms with Crippen molar-refractivity contribution in [3.05, 3.63) is 65.2 Å². The SMILES string of the molecule is O=C(NCc1nc2ccccc2s1)[C@H]1C[C@@H](c2ccccc2)N2CCC[C@H]12. The zero-order chi connectivity index (χ0) is 18.2. The van der Waals surface area contributed by atoms with Crippen LogP contribution in [0, 0.1) is 5.92 Å². The van der Waals surface area contributed by atoms with Crippen molar-refractivity contribution in [1.29, 1.82) is 0 Å². The fourth-order valence-electron chi connectivity index (χ4n) is 4.74. The van der Waals surface area contributed by atoms with Crippen molar-refractivity contribution in [2.24, 2.45) is 5.92 Å². The highest BCUT2D eigenvalue weighted by atomic mass is 32.1. The van der Waals surface area contributed by atoms with E-state index in [-0.39, 0.29) is 11.8 Å². The van der Waals surface area contributed by atoms with Gasteiger partial charge in [0.05, 0.1) is 22.7 Å². The van der Waals surface area contributed by atoms with Gasteiger partial charge >= 0.3 is 0 Å². The van der Waals surface area contributed by atoms with E-state index in [1.807, 2.05) is 18.2 Å². The third-order valence-corrected chi connectivity index (χ3v) is 6.99. The van der Waals surface area contributed by atoms with Crippen molar-refractivity contribution in [1.82, 2.24) is 15.2 Å². The van der Waals surface area contributed by atoms with Crippen LogP contribution in [0.4, 0.5) is 0 Å². The molecule has 1 aromatic heterocycles. The molecule has 0 saturated carbocycles. The van der Waals surface area contributed by atoms with Gasteiger partial charge in [-0.15, -0.1) is 11.3 Å². The second-order valence-corrected chi connectivity index (χ2v) is 8.62. The predicted octanol–water partition coefficient (Wildman–Crippen LogP) is 4.14. The van der Waals surface area contributed by atoms with Crippen molar-refractivity contribution >= 4 is 27.5 Å². The summed E-state index contributed by atoms with van der Waals surface area (Å²) in [6.07, 6.45) is 3.23. The van der Waals surface area contributed by atoms with Crippen LogP contribution in [0.2, 0.25) is 0 Å². The maximum atomic E-state index is 13.0. The van der Waals surface area contributed by atoms with Crippen LogP contribution in [0.5, 0.6) is 0 Å². The number of amides is 1. The van der Waals surface area contributed by atoms with Crippen LogP contribution < -0.4 is 5.32 Å². The largest absolute Gasteiger partial charge is 0.349 e. The number of nitrogens with zero attached hydrogens (tertiary/aromatic N) is 2. The van der Waals surface area contributed by atoms with Crippen molar-refractivity contribution in [2.75, 3.05) is 6.54 Å². The smallest absolute Gasteiger partial charge is 0.225 e. The molecule has 1 amide bonds. The second kappa shape index (κ2) is 7.06. The van der Waals surface area contributed by atoms with E-state index in [9.17, 15) is 4.79 Å². The summed E-state index contributed by atoms with van der Waals surface area (Å²) >= 11 is 1.66. The fraction of sp³-hybridized carbons (Fsp3) is 0.364. The normalized spacial score (nSPS) is 25.0. The van der Waals surface area contributed by atoms with Gasteiger partial charge in [0.25, 0.3) is 0 Å². The first-order valence-corrected chi connectivity index (χ1v) is 10.5. The van der Waals surface area contributed by atoms with Crippen LogP contribution in [0.3, 0.4) is 0 Å². The monoisotopic (exact) mass is 377 g/mol. The lowest BCUT2D eigenvalue weighted by atomic mass is 9.93. The average Bonchev–Trinajstić information content (AvgIpc) is 3.41. The number of carbonyl (C=O) groups is 1. The molecule has 2 fully saturated rings. The Kier molecular flexibility index (Phi) is 4.42. The van der Waals surface area contributed by atoms with Gasteiger partial charge in [-0.1, -0.05) is 42.5 Å². The van der Waals surface area contributed by atoms with E-state index >= 15 is 0 Å². The molecule has 0 spiro atoms. The Bertz CT molecular complexity index is 921. The van der Waals surface area contributed by atoms with Crippen LogP contribution >= 0.6 is 11.3 Å². The summed E-state index contributed by atoms with van der Waals surface area (Å²) < 4.78 is 1.17. The minimum Gasteiger partial charge on any atom is -0.349 e. The van der Waals surface area contributed by atoms with Crippen molar-refractivity contribution in [3.8, 4) is 0 Å². The first kappa shape index (κ1) is 16.9. The van der Waals surface area contributed by atoms with Gasteiger partial charge in [-0.05, 0) is 43.5 Å². The van der Waals surface area contributed by atoms with Crippen LogP contribution in [0.15, 0.2) is 54.6 Å². The molecular formula is C22H23N3OS. The van der Waals surface area contributed by atoms with Gasteiger partial charge < -0.3 is 5.32 Å². The molecule has 27 heavy (non-hydrogen) atoms. The molecule has 0 unspecified atom stereocenters. The lowest BCUT2D eigenvalue weighted by molar-refractivity contribution is -0.125. The molecule has 0 aliphatic carbocycles. The molecule has 138 valence electrons. The molecule has 0 radical (unpaired) electrons. The third-order valence-electron chi connectivity index (χ3n) is 5.96. The van der Waals surface area contributed by atoms with Gasteiger partial charge in [0, 0.05) is 12.1 Å². The van der Waals surface area contributed by atoms with E-state index in [4.69, 9.17) is 0 Å². The number of carbonyl (C=O) groups excluding carboxylic acids is 1. The van der Waals surface area contributed by atoms with Gasteiger partial charge in [-0.25, -0.2) is 4.98 Å². The molecule has 5 rings (SSSR count). The molecule has 2 aliphatic heterocycles. The number of nitrogens with one attached hydrogen (secondary N) is 1. The zero-order valence-corrected chi connectivity index (χ0v) is 16.0. The van der Waals surface area contributed by atoms with Gasteiger partial charge in [0.1, 0.15) is 5.01 Å². The standard InChI is InChI=1S/C22H23N3OS/c26-22(23-14-21-24-17-9-4-5-11-20(17)27-21)16-13-19(15-7-2-1-3-8-15)25-12-6-10-18(16)25/h1-5,7-9,11,16,18-19H,6,10,12-14H2,(H,23,26)/t16-,18+,19-/m0/s1. The Balaban J connectivity index is 1.29. The molecule has 2 aromatic carbocycles. The molecule has 3 aromatic rings. The van der Waals surface area contributed by atoms with Crippen molar-refractivity contribution < 1.29 is 4.79 Å². The van der Waals surface area contributed by atoms with Crippen LogP contribution in [0.1, 0.15) is 35.9 Å². The Morgan fingerprint density at radius 2 is 1.96 bits per heavy atom. The molecule has 2 saturated heterocycles. The summed E-state index contributed by atoms with van der Waals surface area (Å²) in [6.45, 7) is 1.63. The highest BCUT2D eigenvalue weighted by molar-refractivity contribution is 7.18. The third kappa shape index (κ3) is 3.15. The lowest BCUT2D eigenvalue weighted by Crippen LogP contribution is -2.37. The zero-order valence-electron chi connectivity index (χ0n) is 15.2. The molecule has 3 heterocycles. The molecule has 1 N–H and O–H groups in total. The van der Waals surface area contributed by atoms with Crippen molar-refractivity contribution in [3.63, 3.8) is 0 Å². The Morgan fingerprint density at radius 3 is 2.81 bits per heavy atom. The summed E-state index contributed by atoms with van der Waals surface area (Å²) in [5.41, 5.74) is 2.35. The molecule has 4 nitrogen and oxygen atoms in total. The number of thiazole rings is 1. The van der Waals surface area contributed by atoms with Crippen LogP contribution in [-0.4, -0.2) is 28.4 Å². The van der Waals surface area contributed by atoms with E-state index in [0.717, 1.165) is 29.9 Å². The first-order valence-electron chi connectivity index (χ1n) is 9.72. The van der Waals surface area contributed by atoms with Crippen molar-refractivity contribution in [2.45, 2.75) is 37.9 Å². The quantitative estimate of drug-likeness (QED) is 0.743. The number of aromatic nitrogens is 1. The number of hydrogen-bond donors (Lipinski definition) is 1. The number of para-hydroxylation sites is 1. The number of hydrogen-bond acceptors (Lipinski definition) is 4. The van der Waals surface area contributed by atoms with E-state index in [2.05, 4.69) is 51.6 Å². The maximum absolute atomic E-state index is 13.0. The van der Waals surface area contributed by atoms with Gasteiger partial charge in [-0.3, -0.25) is 9.69 Å². The molecule has 2 aliphatic rings. The molecular weight excluding hydrogens is 354 g/mol. The van der Waals surface area contributed by atoms with E-state index in [1.54, 1.807) is 11.3 Å². The van der Waals surface area contributed by atoms with E-state index in [1.165, 1.54) is 16.7 Å². The number of fused-ring (bicyclic) bond motifs is 2. The van der Waals surface area contributed by atoms with E-state index < -0.39 is 0 Å². The number of rotatable bonds is 4. The summed E-state index contributed by atoms with van der Waals surface area (Å²) in [4.78, 5) is 20.2. The van der Waals surface area contributed by atoms with E-state index in [0.29, 0.717) is 18.6 Å². The summed E-state index contributed by atoms with van der Waals surface area (Å²) in [7, 11) is 0. The predicted molar refractivity (Wildman–Crippen MR) is 108 cm³/mol. The highest BCUT2D eigenvalue weighted by Gasteiger charge is 2.46. The average molecular weight is 378 g/mol. The highest BCUT2D eigenvalue weighted by Crippen LogP contribution is 2.44. The topological polar surface area (TPSA) is 45.2 Å². The number of benzene rings is 2. The van der Waals surface area contributed by atoms with Gasteiger partial charge in [-0.2, -0.15) is 0 Å². The lowest BCUT2D eigenvalue weighted by Gasteiger charge is -2.24. The Labute approximate surface area is 163 Å². The minimum absolute atomic E-state index is 0.0760. The van der Waals surface area contributed by atoms with Gasteiger partial charge in [0.15, 0.2) is 0 Å².